The molecule has 134 valence electrons. The first-order valence-corrected chi connectivity index (χ1v) is 8.64. The summed E-state index contributed by atoms with van der Waals surface area (Å²) >= 11 is 0. The number of nitrogens with one attached hydrogen (secondary N) is 1. The number of carbonyl (C=O) groups excluding carboxylic acids is 1. The lowest BCUT2D eigenvalue weighted by Gasteiger charge is -2.35. The molecule has 0 saturated carbocycles. The average molecular weight is 358 g/mol. The Morgan fingerprint density at radius 1 is 1.37 bits per heavy atom. The van der Waals surface area contributed by atoms with Crippen molar-refractivity contribution in [3.63, 3.8) is 0 Å². The molecule has 0 radical (unpaired) electrons. The molecule has 0 atom stereocenters. The van der Waals surface area contributed by atoms with Crippen LogP contribution in [-0.2, 0) is 4.79 Å². The Bertz CT molecular complexity index is 1110. The SMILES string of the molecule is C=CC(=O)N1CC(C#Cc2[nH]c3nnc(-c4ccccc4O)cc3c2C)C1. The number of hydrogen-bond acceptors (Lipinski definition) is 4. The fraction of sp³-hybridized carbons (Fsp3) is 0.190. The van der Waals surface area contributed by atoms with E-state index in [1.807, 2.05) is 19.1 Å². The van der Waals surface area contributed by atoms with Gasteiger partial charge in [-0.1, -0.05) is 24.6 Å². The largest absolute Gasteiger partial charge is 0.507 e. The quantitative estimate of drug-likeness (QED) is 0.545. The van der Waals surface area contributed by atoms with Crippen LogP contribution >= 0.6 is 0 Å². The predicted molar refractivity (Wildman–Crippen MR) is 103 cm³/mol. The fourth-order valence-corrected chi connectivity index (χ4v) is 3.12. The molecule has 3 aromatic rings. The molecule has 0 aliphatic carbocycles. The van der Waals surface area contributed by atoms with Gasteiger partial charge in [-0.25, -0.2) is 0 Å². The smallest absolute Gasteiger partial charge is 0.246 e. The van der Waals surface area contributed by atoms with Crippen molar-refractivity contribution in [3.05, 3.63) is 54.2 Å². The molecule has 2 N–H and O–H groups in total. The minimum Gasteiger partial charge on any atom is -0.507 e. The van der Waals surface area contributed by atoms with Gasteiger partial charge in [-0.15, -0.1) is 10.2 Å². The summed E-state index contributed by atoms with van der Waals surface area (Å²) in [5, 5.41) is 19.4. The number of aromatic hydroxyl groups is 1. The summed E-state index contributed by atoms with van der Waals surface area (Å²) in [7, 11) is 0. The monoisotopic (exact) mass is 358 g/mol. The number of H-pyrrole nitrogens is 1. The molecule has 0 spiro atoms. The van der Waals surface area contributed by atoms with Crippen LogP contribution in [0.15, 0.2) is 43.0 Å². The fourth-order valence-electron chi connectivity index (χ4n) is 3.12. The van der Waals surface area contributed by atoms with Crippen LogP contribution in [0.5, 0.6) is 5.75 Å². The van der Waals surface area contributed by atoms with Gasteiger partial charge in [0.25, 0.3) is 0 Å². The van der Waals surface area contributed by atoms with Crippen molar-refractivity contribution in [1.82, 2.24) is 20.1 Å². The Morgan fingerprint density at radius 3 is 2.89 bits per heavy atom. The third-order valence-electron chi connectivity index (χ3n) is 4.77. The number of carbonyl (C=O) groups is 1. The van der Waals surface area contributed by atoms with Gasteiger partial charge in [0, 0.05) is 24.0 Å². The van der Waals surface area contributed by atoms with E-state index in [0.717, 1.165) is 16.6 Å². The maximum atomic E-state index is 11.5. The van der Waals surface area contributed by atoms with E-state index in [0.29, 0.717) is 30.0 Å². The minimum atomic E-state index is -0.0539. The first-order valence-electron chi connectivity index (χ1n) is 8.64. The zero-order valence-electron chi connectivity index (χ0n) is 14.9. The normalized spacial score (nSPS) is 13.7. The van der Waals surface area contributed by atoms with E-state index in [4.69, 9.17) is 0 Å². The number of likely N-dealkylation sites (tertiary alicyclic amines) is 1. The molecule has 4 rings (SSSR count). The molecular weight excluding hydrogens is 340 g/mol. The van der Waals surface area contributed by atoms with Gasteiger partial charge in [0.1, 0.15) is 5.75 Å². The van der Waals surface area contributed by atoms with Gasteiger partial charge in [-0.05, 0) is 42.7 Å². The highest BCUT2D eigenvalue weighted by atomic mass is 16.3. The van der Waals surface area contributed by atoms with E-state index in [2.05, 4.69) is 33.6 Å². The Kier molecular flexibility index (Phi) is 4.13. The molecule has 27 heavy (non-hydrogen) atoms. The topological polar surface area (TPSA) is 82.1 Å². The number of aromatic amines is 1. The van der Waals surface area contributed by atoms with E-state index in [-0.39, 0.29) is 17.6 Å². The molecule has 1 saturated heterocycles. The van der Waals surface area contributed by atoms with Crippen LogP contribution in [0.2, 0.25) is 0 Å². The molecule has 1 aromatic carbocycles. The highest BCUT2D eigenvalue weighted by molar-refractivity contribution is 5.88. The number of rotatable bonds is 2. The molecule has 1 fully saturated rings. The summed E-state index contributed by atoms with van der Waals surface area (Å²) in [5.74, 6) is 6.65. The lowest BCUT2D eigenvalue weighted by atomic mass is 10.0. The first-order chi connectivity index (χ1) is 13.1. The molecule has 0 unspecified atom stereocenters. The maximum Gasteiger partial charge on any atom is 0.246 e. The molecule has 1 aliphatic heterocycles. The first kappa shape index (κ1) is 16.9. The van der Waals surface area contributed by atoms with Crippen molar-refractivity contribution in [3.8, 4) is 28.8 Å². The van der Waals surface area contributed by atoms with E-state index in [1.54, 1.807) is 23.1 Å². The van der Waals surface area contributed by atoms with Crippen molar-refractivity contribution in [2.75, 3.05) is 13.1 Å². The van der Waals surface area contributed by atoms with Crippen molar-refractivity contribution in [2.45, 2.75) is 6.92 Å². The lowest BCUT2D eigenvalue weighted by Crippen LogP contribution is -2.48. The van der Waals surface area contributed by atoms with Gasteiger partial charge < -0.3 is 15.0 Å². The average Bonchev–Trinajstić information content (AvgIpc) is 2.96. The van der Waals surface area contributed by atoms with Crippen molar-refractivity contribution < 1.29 is 9.90 Å². The summed E-state index contributed by atoms with van der Waals surface area (Å²) in [6.07, 6.45) is 1.33. The molecule has 0 bridgehead atoms. The van der Waals surface area contributed by atoms with E-state index >= 15 is 0 Å². The van der Waals surface area contributed by atoms with Gasteiger partial charge in [0.15, 0.2) is 5.65 Å². The number of benzene rings is 1. The summed E-state index contributed by atoms with van der Waals surface area (Å²) in [6.45, 7) is 6.74. The zero-order valence-corrected chi connectivity index (χ0v) is 14.9. The third kappa shape index (κ3) is 3.04. The summed E-state index contributed by atoms with van der Waals surface area (Å²) in [5.41, 5.74) is 3.69. The summed E-state index contributed by atoms with van der Waals surface area (Å²) < 4.78 is 0. The van der Waals surface area contributed by atoms with E-state index in [1.165, 1.54) is 6.08 Å². The van der Waals surface area contributed by atoms with Crippen LogP contribution in [0, 0.1) is 24.7 Å². The molecule has 2 aromatic heterocycles. The van der Waals surface area contributed by atoms with Gasteiger partial charge in [-0.2, -0.15) is 0 Å². The molecule has 6 heteroatoms. The van der Waals surface area contributed by atoms with Gasteiger partial charge in [0.05, 0.1) is 17.3 Å². The Labute approximate surface area is 156 Å². The second kappa shape index (κ2) is 6.61. The summed E-state index contributed by atoms with van der Waals surface area (Å²) in [4.78, 5) is 16.4. The standard InChI is InChI=1S/C21H18N4O2/c1-3-20(27)25-11-14(12-25)8-9-17-13(2)16-10-18(23-24-21(16)22-17)15-6-4-5-7-19(15)26/h3-7,10,14,26H,1,11-12H2,2H3,(H,22,24). The van der Waals surface area contributed by atoms with Crippen LogP contribution in [0.25, 0.3) is 22.3 Å². The Hall–Kier alpha value is -3.59. The molecule has 3 heterocycles. The number of fused-ring (bicyclic) bond motifs is 1. The number of aryl methyl sites for hydroxylation is 1. The number of nitrogens with zero attached hydrogens (tertiary/aromatic N) is 3. The highest BCUT2D eigenvalue weighted by Crippen LogP contribution is 2.29. The Balaban J connectivity index is 1.61. The number of amides is 1. The van der Waals surface area contributed by atoms with Crippen LogP contribution in [0.3, 0.4) is 0 Å². The zero-order chi connectivity index (χ0) is 19.0. The van der Waals surface area contributed by atoms with Crippen molar-refractivity contribution in [1.29, 1.82) is 0 Å². The second-order valence-electron chi connectivity index (χ2n) is 6.55. The minimum absolute atomic E-state index is 0.0539. The van der Waals surface area contributed by atoms with Crippen molar-refractivity contribution >= 4 is 16.9 Å². The van der Waals surface area contributed by atoms with Crippen molar-refractivity contribution in [2.24, 2.45) is 5.92 Å². The van der Waals surface area contributed by atoms with Crippen LogP contribution in [0.1, 0.15) is 11.3 Å². The van der Waals surface area contributed by atoms with E-state index in [9.17, 15) is 9.90 Å². The molecule has 1 aliphatic rings. The number of phenolic OH excluding ortho intramolecular Hbond substituents is 1. The molecular formula is C21H18N4O2. The number of hydrogen-bond donors (Lipinski definition) is 2. The number of para-hydroxylation sites is 1. The molecule has 6 nitrogen and oxygen atoms in total. The molecule has 1 amide bonds. The number of phenols is 1. The van der Waals surface area contributed by atoms with E-state index < -0.39 is 0 Å². The van der Waals surface area contributed by atoms with Gasteiger partial charge in [-0.3, -0.25) is 4.79 Å². The second-order valence-corrected chi connectivity index (χ2v) is 6.55. The third-order valence-corrected chi connectivity index (χ3v) is 4.77. The van der Waals surface area contributed by atoms with Crippen LogP contribution in [-0.4, -0.2) is 44.2 Å². The highest BCUT2D eigenvalue weighted by Gasteiger charge is 2.27. The predicted octanol–water partition coefficient (Wildman–Crippen LogP) is 2.63. The van der Waals surface area contributed by atoms with Crippen LogP contribution in [0.4, 0.5) is 0 Å². The van der Waals surface area contributed by atoms with Crippen LogP contribution < -0.4 is 0 Å². The van der Waals surface area contributed by atoms with Gasteiger partial charge >= 0.3 is 0 Å². The Morgan fingerprint density at radius 2 is 2.15 bits per heavy atom. The lowest BCUT2D eigenvalue weighted by molar-refractivity contribution is -0.130. The number of aromatic nitrogens is 3. The van der Waals surface area contributed by atoms with Gasteiger partial charge in [0.2, 0.25) is 5.91 Å². The summed E-state index contributed by atoms with van der Waals surface area (Å²) in [6, 6.07) is 8.95. The maximum absolute atomic E-state index is 11.5.